The van der Waals surface area contributed by atoms with E-state index in [2.05, 4.69) is 16.7 Å². The third-order valence-corrected chi connectivity index (χ3v) is 2.28. The largest absolute Gasteiger partial charge is 0.385 e. The van der Waals surface area contributed by atoms with Crippen molar-refractivity contribution >= 4 is 6.08 Å². The highest BCUT2D eigenvalue weighted by Crippen LogP contribution is 2.11. The quantitative estimate of drug-likeness (QED) is 0.851. The molecular formula is C12H13N3O. The Morgan fingerprint density at radius 3 is 2.56 bits per heavy atom. The first-order valence-electron chi connectivity index (χ1n) is 5.03. The van der Waals surface area contributed by atoms with Crippen molar-refractivity contribution in [1.29, 1.82) is 0 Å². The fourth-order valence-electron chi connectivity index (χ4n) is 1.35. The molecule has 0 aliphatic carbocycles. The third-order valence-electron chi connectivity index (χ3n) is 2.28. The lowest BCUT2D eigenvalue weighted by atomic mass is 10.2. The first-order chi connectivity index (χ1) is 7.70. The van der Waals surface area contributed by atoms with Gasteiger partial charge in [-0.3, -0.25) is 0 Å². The fourth-order valence-corrected chi connectivity index (χ4v) is 1.35. The number of hydrogen-bond acceptors (Lipinski definition) is 3. The van der Waals surface area contributed by atoms with Crippen LogP contribution in [0.1, 0.15) is 24.4 Å². The molecule has 0 aliphatic rings. The average Bonchev–Trinajstić information content (AvgIpc) is 2.78. The van der Waals surface area contributed by atoms with Crippen LogP contribution in [0.15, 0.2) is 37.2 Å². The molecule has 0 aliphatic heterocycles. The SMILES string of the molecule is C=Cc1ccc(-n2cnc(C(C)O)n2)cc1. The Morgan fingerprint density at radius 1 is 1.38 bits per heavy atom. The lowest BCUT2D eigenvalue weighted by molar-refractivity contribution is 0.189. The van der Waals surface area contributed by atoms with Gasteiger partial charge in [-0.2, -0.15) is 0 Å². The number of aliphatic hydroxyl groups excluding tert-OH is 1. The summed E-state index contributed by atoms with van der Waals surface area (Å²) >= 11 is 0. The zero-order valence-electron chi connectivity index (χ0n) is 9.04. The maximum atomic E-state index is 9.31. The van der Waals surface area contributed by atoms with E-state index in [1.54, 1.807) is 24.0 Å². The molecule has 0 spiro atoms. The minimum absolute atomic E-state index is 0.424. The molecule has 82 valence electrons. The van der Waals surface area contributed by atoms with E-state index >= 15 is 0 Å². The van der Waals surface area contributed by atoms with E-state index < -0.39 is 6.10 Å². The van der Waals surface area contributed by atoms with Crippen LogP contribution in [0, 0.1) is 0 Å². The summed E-state index contributed by atoms with van der Waals surface area (Å²) in [5, 5.41) is 13.5. The standard InChI is InChI=1S/C12H13N3O/c1-3-10-4-6-11(7-5-10)15-8-13-12(14-15)9(2)16/h3-9,16H,1H2,2H3. The van der Waals surface area contributed by atoms with Crippen LogP contribution in [0.4, 0.5) is 0 Å². The van der Waals surface area contributed by atoms with Crippen molar-refractivity contribution in [3.63, 3.8) is 0 Å². The molecule has 0 saturated heterocycles. The average molecular weight is 215 g/mol. The summed E-state index contributed by atoms with van der Waals surface area (Å²) in [4.78, 5) is 4.02. The van der Waals surface area contributed by atoms with Crippen LogP contribution in [-0.2, 0) is 0 Å². The van der Waals surface area contributed by atoms with Crippen molar-refractivity contribution in [2.24, 2.45) is 0 Å². The first-order valence-corrected chi connectivity index (χ1v) is 5.03. The summed E-state index contributed by atoms with van der Waals surface area (Å²) in [5.74, 6) is 0.424. The maximum absolute atomic E-state index is 9.31. The van der Waals surface area contributed by atoms with Crippen LogP contribution in [0.5, 0.6) is 0 Å². The molecule has 1 atom stereocenters. The molecule has 0 saturated carbocycles. The van der Waals surface area contributed by atoms with Crippen molar-refractivity contribution in [3.8, 4) is 5.69 Å². The summed E-state index contributed by atoms with van der Waals surface area (Å²) in [6, 6.07) is 7.76. The molecule has 1 heterocycles. The van der Waals surface area contributed by atoms with Crippen LogP contribution in [0.3, 0.4) is 0 Å². The minimum atomic E-state index is -0.645. The Bertz CT molecular complexity index is 485. The van der Waals surface area contributed by atoms with Crippen LogP contribution < -0.4 is 0 Å². The van der Waals surface area contributed by atoms with Gasteiger partial charge in [0.25, 0.3) is 0 Å². The normalized spacial score (nSPS) is 12.4. The van der Waals surface area contributed by atoms with Gasteiger partial charge in [0, 0.05) is 0 Å². The van der Waals surface area contributed by atoms with Crippen LogP contribution >= 0.6 is 0 Å². The van der Waals surface area contributed by atoms with E-state index in [0.29, 0.717) is 5.82 Å². The zero-order valence-corrected chi connectivity index (χ0v) is 9.04. The molecule has 1 unspecified atom stereocenters. The lowest BCUT2D eigenvalue weighted by Gasteiger charge is -2.01. The minimum Gasteiger partial charge on any atom is -0.385 e. The van der Waals surface area contributed by atoms with Crippen molar-refractivity contribution in [2.45, 2.75) is 13.0 Å². The molecular weight excluding hydrogens is 202 g/mol. The Morgan fingerprint density at radius 2 is 2.06 bits per heavy atom. The molecule has 0 radical (unpaired) electrons. The number of aliphatic hydroxyl groups is 1. The monoisotopic (exact) mass is 215 g/mol. The molecule has 2 aromatic rings. The van der Waals surface area contributed by atoms with Crippen LogP contribution in [0.25, 0.3) is 11.8 Å². The van der Waals surface area contributed by atoms with Gasteiger partial charge >= 0.3 is 0 Å². The molecule has 16 heavy (non-hydrogen) atoms. The fraction of sp³-hybridized carbons (Fsp3) is 0.167. The van der Waals surface area contributed by atoms with Gasteiger partial charge in [0.1, 0.15) is 12.4 Å². The van der Waals surface area contributed by atoms with E-state index in [9.17, 15) is 5.11 Å². The molecule has 4 nitrogen and oxygen atoms in total. The Labute approximate surface area is 93.9 Å². The second-order valence-electron chi connectivity index (χ2n) is 3.52. The summed E-state index contributed by atoms with van der Waals surface area (Å²) in [6.45, 7) is 5.33. The van der Waals surface area contributed by atoms with Gasteiger partial charge in [-0.25, -0.2) is 9.67 Å². The predicted octanol–water partition coefficient (Wildman–Crippen LogP) is 1.96. The Balaban J connectivity index is 2.31. The van der Waals surface area contributed by atoms with Crippen molar-refractivity contribution in [1.82, 2.24) is 14.8 Å². The van der Waals surface area contributed by atoms with Gasteiger partial charge in [-0.1, -0.05) is 24.8 Å². The molecule has 0 fully saturated rings. The first kappa shape index (κ1) is 10.6. The molecule has 1 aromatic carbocycles. The number of hydrogen-bond donors (Lipinski definition) is 1. The molecule has 4 heteroatoms. The van der Waals surface area contributed by atoms with Crippen molar-refractivity contribution in [3.05, 3.63) is 48.6 Å². The second-order valence-corrected chi connectivity index (χ2v) is 3.52. The van der Waals surface area contributed by atoms with Gasteiger partial charge in [0.2, 0.25) is 0 Å². The van der Waals surface area contributed by atoms with Gasteiger partial charge in [-0.05, 0) is 24.6 Å². The van der Waals surface area contributed by atoms with Crippen LogP contribution in [-0.4, -0.2) is 19.9 Å². The third kappa shape index (κ3) is 2.01. The molecule has 0 amide bonds. The molecule has 2 rings (SSSR count). The van der Waals surface area contributed by atoms with E-state index in [1.165, 1.54) is 0 Å². The van der Waals surface area contributed by atoms with E-state index in [-0.39, 0.29) is 0 Å². The second kappa shape index (κ2) is 4.28. The summed E-state index contributed by atoms with van der Waals surface area (Å²) < 4.78 is 1.63. The van der Waals surface area contributed by atoms with Gasteiger partial charge in [0.05, 0.1) is 5.69 Å². The van der Waals surface area contributed by atoms with Gasteiger partial charge in [0.15, 0.2) is 5.82 Å². The number of benzene rings is 1. The van der Waals surface area contributed by atoms with Gasteiger partial charge in [-0.15, -0.1) is 5.10 Å². The smallest absolute Gasteiger partial charge is 0.179 e. The maximum Gasteiger partial charge on any atom is 0.179 e. The number of aromatic nitrogens is 3. The van der Waals surface area contributed by atoms with Gasteiger partial charge < -0.3 is 5.11 Å². The van der Waals surface area contributed by atoms with Crippen LogP contribution in [0.2, 0.25) is 0 Å². The summed E-state index contributed by atoms with van der Waals surface area (Å²) in [7, 11) is 0. The van der Waals surface area contributed by atoms with Crippen molar-refractivity contribution in [2.75, 3.05) is 0 Å². The van der Waals surface area contributed by atoms with E-state index in [4.69, 9.17) is 0 Å². The van der Waals surface area contributed by atoms with Crippen molar-refractivity contribution < 1.29 is 5.11 Å². The molecule has 1 aromatic heterocycles. The lowest BCUT2D eigenvalue weighted by Crippen LogP contribution is -1.98. The molecule has 1 N–H and O–H groups in total. The summed E-state index contributed by atoms with van der Waals surface area (Å²) in [6.07, 6.45) is 2.73. The highest BCUT2D eigenvalue weighted by molar-refractivity contribution is 5.49. The zero-order chi connectivity index (χ0) is 11.5. The number of rotatable bonds is 3. The highest BCUT2D eigenvalue weighted by atomic mass is 16.3. The van der Waals surface area contributed by atoms with E-state index in [1.807, 2.05) is 24.3 Å². The number of nitrogens with zero attached hydrogens (tertiary/aromatic N) is 3. The summed E-state index contributed by atoms with van der Waals surface area (Å²) in [5.41, 5.74) is 1.96. The Hall–Kier alpha value is -1.94. The highest BCUT2D eigenvalue weighted by Gasteiger charge is 2.07. The Kier molecular flexibility index (Phi) is 2.83. The van der Waals surface area contributed by atoms with E-state index in [0.717, 1.165) is 11.3 Å². The molecule has 0 bridgehead atoms. The topological polar surface area (TPSA) is 50.9 Å². The predicted molar refractivity (Wildman–Crippen MR) is 62.1 cm³/mol.